The number of fused-ring (bicyclic) bond motifs is 1. The summed E-state index contributed by atoms with van der Waals surface area (Å²) >= 11 is 0. The van der Waals surface area contributed by atoms with Crippen molar-refractivity contribution in [1.82, 2.24) is 34.9 Å². The van der Waals surface area contributed by atoms with Crippen LogP contribution in [-0.2, 0) is 13.6 Å². The van der Waals surface area contributed by atoms with Crippen LogP contribution in [0.4, 0.5) is 0 Å². The van der Waals surface area contributed by atoms with Gasteiger partial charge in [-0.15, -0.1) is 10.2 Å². The summed E-state index contributed by atoms with van der Waals surface area (Å²) in [4.78, 5) is 16.9. The van der Waals surface area contributed by atoms with Crippen molar-refractivity contribution in [2.75, 3.05) is 27.2 Å². The van der Waals surface area contributed by atoms with Gasteiger partial charge in [0.15, 0.2) is 0 Å². The zero-order chi connectivity index (χ0) is 19.0. The Kier molecular flexibility index (Phi) is 4.61. The zero-order valence-corrected chi connectivity index (χ0v) is 15.8. The molecule has 1 saturated heterocycles. The summed E-state index contributed by atoms with van der Waals surface area (Å²) in [5.41, 5.74) is 1.84. The predicted molar refractivity (Wildman–Crippen MR) is 98.1 cm³/mol. The van der Waals surface area contributed by atoms with E-state index in [-0.39, 0.29) is 11.8 Å². The molecule has 1 amide bonds. The van der Waals surface area contributed by atoms with Crippen LogP contribution in [0.25, 0.3) is 11.0 Å². The highest BCUT2D eigenvalue weighted by molar-refractivity contribution is 5.97. The molecule has 0 bridgehead atoms. The molecule has 3 aromatic rings. The minimum absolute atomic E-state index is 0.000262. The molecule has 0 spiro atoms. The first kappa shape index (κ1) is 17.6. The Balaban J connectivity index is 1.52. The summed E-state index contributed by atoms with van der Waals surface area (Å²) in [5, 5.41) is 16.3. The fourth-order valence-electron chi connectivity index (χ4n) is 3.62. The zero-order valence-electron chi connectivity index (χ0n) is 15.8. The summed E-state index contributed by atoms with van der Waals surface area (Å²) in [5.74, 6) is 2.07. The molecule has 2 aromatic heterocycles. The minimum atomic E-state index is 0.000262. The summed E-state index contributed by atoms with van der Waals surface area (Å²) in [6, 6.07) is 5.27. The van der Waals surface area contributed by atoms with E-state index in [0.717, 1.165) is 37.6 Å². The Morgan fingerprint density at radius 2 is 2.07 bits per heavy atom. The quantitative estimate of drug-likeness (QED) is 0.687. The maximum Gasteiger partial charge on any atom is 0.253 e. The van der Waals surface area contributed by atoms with Crippen molar-refractivity contribution in [2.45, 2.75) is 25.3 Å². The second-order valence-corrected chi connectivity index (χ2v) is 7.33. The lowest BCUT2D eigenvalue weighted by Gasteiger charge is -2.32. The van der Waals surface area contributed by atoms with E-state index in [0.29, 0.717) is 23.1 Å². The van der Waals surface area contributed by atoms with Crippen molar-refractivity contribution in [3.8, 4) is 0 Å². The highest BCUT2D eigenvalue weighted by Crippen LogP contribution is 2.27. The summed E-state index contributed by atoms with van der Waals surface area (Å²) in [6.07, 6.45) is 1.95. The molecule has 9 heteroatoms. The molecule has 1 unspecified atom stereocenters. The normalized spacial score (nSPS) is 17.8. The maximum absolute atomic E-state index is 13.0. The Hall–Kier alpha value is -2.81. The Bertz CT molecular complexity index is 962. The average molecular weight is 369 g/mol. The molecule has 0 radical (unpaired) electrons. The minimum Gasteiger partial charge on any atom is -0.338 e. The van der Waals surface area contributed by atoms with Gasteiger partial charge in [0.1, 0.15) is 22.7 Å². The van der Waals surface area contributed by atoms with Gasteiger partial charge in [0.2, 0.25) is 0 Å². The Morgan fingerprint density at radius 3 is 2.89 bits per heavy atom. The van der Waals surface area contributed by atoms with Crippen molar-refractivity contribution in [3.63, 3.8) is 0 Å². The maximum atomic E-state index is 13.0. The number of aromatic nitrogens is 5. The van der Waals surface area contributed by atoms with Crippen molar-refractivity contribution >= 4 is 16.9 Å². The van der Waals surface area contributed by atoms with Crippen molar-refractivity contribution in [2.24, 2.45) is 7.05 Å². The molecule has 1 aliphatic heterocycles. The van der Waals surface area contributed by atoms with Gasteiger partial charge in [0.05, 0.1) is 6.54 Å². The Morgan fingerprint density at radius 1 is 1.26 bits per heavy atom. The molecular weight excluding hydrogens is 346 g/mol. The van der Waals surface area contributed by atoms with Gasteiger partial charge in [0.25, 0.3) is 5.91 Å². The lowest BCUT2D eigenvalue weighted by atomic mass is 9.96. The van der Waals surface area contributed by atoms with Gasteiger partial charge in [-0.25, -0.2) is 4.63 Å². The molecule has 0 saturated carbocycles. The summed E-state index contributed by atoms with van der Waals surface area (Å²) in [6.45, 7) is 2.12. The number of amides is 1. The first-order valence-electron chi connectivity index (χ1n) is 9.07. The van der Waals surface area contributed by atoms with Crippen molar-refractivity contribution in [1.29, 1.82) is 0 Å². The largest absolute Gasteiger partial charge is 0.338 e. The number of carbonyl (C=O) groups is 1. The van der Waals surface area contributed by atoms with Crippen LogP contribution in [0.15, 0.2) is 22.8 Å². The number of nitrogens with zero attached hydrogens (tertiary/aromatic N) is 7. The molecule has 9 nitrogen and oxygen atoms in total. The third kappa shape index (κ3) is 3.42. The number of carbonyl (C=O) groups excluding carboxylic acids is 1. The molecular formula is C18H23N7O2. The SMILES string of the molecule is CN(C)Cc1nnc(C2CCCN(C(=O)c3ccc4nonc4c3)C2)n1C. The van der Waals surface area contributed by atoms with Crippen LogP contribution < -0.4 is 0 Å². The molecule has 1 atom stereocenters. The van der Waals surface area contributed by atoms with Crippen LogP contribution in [0.5, 0.6) is 0 Å². The number of benzene rings is 1. The predicted octanol–water partition coefficient (Wildman–Crippen LogP) is 1.43. The van der Waals surface area contributed by atoms with Crippen LogP contribution in [0, 0.1) is 0 Å². The van der Waals surface area contributed by atoms with E-state index in [4.69, 9.17) is 4.63 Å². The molecule has 0 aliphatic carbocycles. The number of hydrogen-bond donors (Lipinski definition) is 0. The number of piperidine rings is 1. The van der Waals surface area contributed by atoms with E-state index in [1.807, 2.05) is 26.0 Å². The van der Waals surface area contributed by atoms with Gasteiger partial charge in [-0.1, -0.05) is 0 Å². The van der Waals surface area contributed by atoms with Crippen LogP contribution in [-0.4, -0.2) is 68.0 Å². The molecule has 1 aliphatic rings. The third-order valence-corrected chi connectivity index (χ3v) is 5.03. The molecule has 4 rings (SSSR count). The van der Waals surface area contributed by atoms with Crippen LogP contribution in [0.3, 0.4) is 0 Å². The topological polar surface area (TPSA) is 93.2 Å². The first-order chi connectivity index (χ1) is 13.0. The van der Waals surface area contributed by atoms with Crippen LogP contribution in [0.2, 0.25) is 0 Å². The van der Waals surface area contributed by atoms with Crippen LogP contribution in [0.1, 0.15) is 40.8 Å². The standard InChI is InChI=1S/C18H23N7O2/c1-23(2)11-16-19-20-17(24(16)3)13-5-4-8-25(10-13)18(26)12-6-7-14-15(9-12)22-27-21-14/h6-7,9,13H,4-5,8,10-11H2,1-3H3. The fourth-order valence-corrected chi connectivity index (χ4v) is 3.62. The van der Waals surface area contributed by atoms with E-state index in [9.17, 15) is 4.79 Å². The van der Waals surface area contributed by atoms with Gasteiger partial charge in [-0.2, -0.15) is 0 Å². The first-order valence-corrected chi connectivity index (χ1v) is 9.07. The van der Waals surface area contributed by atoms with Gasteiger partial charge < -0.3 is 14.4 Å². The number of likely N-dealkylation sites (tertiary alicyclic amines) is 1. The lowest BCUT2D eigenvalue weighted by Crippen LogP contribution is -2.39. The molecule has 1 fully saturated rings. The molecule has 27 heavy (non-hydrogen) atoms. The fraction of sp³-hybridized carbons (Fsp3) is 0.500. The van der Waals surface area contributed by atoms with Crippen molar-refractivity contribution in [3.05, 3.63) is 35.4 Å². The summed E-state index contributed by atoms with van der Waals surface area (Å²) in [7, 11) is 6.02. The van der Waals surface area contributed by atoms with E-state index < -0.39 is 0 Å². The van der Waals surface area contributed by atoms with Gasteiger partial charge in [-0.3, -0.25) is 4.79 Å². The average Bonchev–Trinajstić information content (AvgIpc) is 3.27. The smallest absolute Gasteiger partial charge is 0.253 e. The Labute approximate surface area is 156 Å². The van der Waals surface area contributed by atoms with E-state index in [2.05, 4.69) is 30.0 Å². The third-order valence-electron chi connectivity index (χ3n) is 5.03. The van der Waals surface area contributed by atoms with Gasteiger partial charge >= 0.3 is 0 Å². The highest BCUT2D eigenvalue weighted by Gasteiger charge is 2.29. The molecule has 1 aromatic carbocycles. The lowest BCUT2D eigenvalue weighted by molar-refractivity contribution is 0.0703. The molecule has 142 valence electrons. The summed E-state index contributed by atoms with van der Waals surface area (Å²) < 4.78 is 6.78. The van der Waals surface area contributed by atoms with Crippen LogP contribution >= 0.6 is 0 Å². The van der Waals surface area contributed by atoms with E-state index in [1.165, 1.54) is 0 Å². The second-order valence-electron chi connectivity index (χ2n) is 7.33. The second kappa shape index (κ2) is 7.07. The van der Waals surface area contributed by atoms with Crippen molar-refractivity contribution < 1.29 is 9.42 Å². The molecule has 0 N–H and O–H groups in total. The monoisotopic (exact) mass is 369 g/mol. The molecule has 3 heterocycles. The number of hydrogen-bond acceptors (Lipinski definition) is 7. The van der Waals surface area contributed by atoms with E-state index >= 15 is 0 Å². The number of rotatable bonds is 4. The van der Waals surface area contributed by atoms with Gasteiger partial charge in [0, 0.05) is 31.6 Å². The van der Waals surface area contributed by atoms with Gasteiger partial charge in [-0.05, 0) is 55.4 Å². The highest BCUT2D eigenvalue weighted by atomic mass is 16.6. The van der Waals surface area contributed by atoms with E-state index in [1.54, 1.807) is 18.2 Å².